The van der Waals surface area contributed by atoms with Crippen molar-refractivity contribution in [1.82, 2.24) is 10.2 Å². The molecule has 62 valence electrons. The first kappa shape index (κ1) is 8.39. The molecule has 0 aliphatic rings. The standard InChI is InChI=1S/C8H9N3O/c1-3-8(12)10-7-4-6(2)5-9-11-7/h3-5H,1H2,2H3,(H,10,11,12). The molecule has 12 heavy (non-hydrogen) atoms. The molecular weight excluding hydrogens is 154 g/mol. The molecule has 0 aliphatic heterocycles. The van der Waals surface area contributed by atoms with Crippen LogP contribution < -0.4 is 5.32 Å². The Balaban J connectivity index is 2.76. The van der Waals surface area contributed by atoms with Gasteiger partial charge in [0.15, 0.2) is 5.82 Å². The molecule has 1 aromatic heterocycles. The lowest BCUT2D eigenvalue weighted by Crippen LogP contribution is -2.09. The van der Waals surface area contributed by atoms with Gasteiger partial charge in [-0.3, -0.25) is 4.79 Å². The molecule has 1 aromatic rings. The quantitative estimate of drug-likeness (QED) is 0.659. The first-order valence-corrected chi connectivity index (χ1v) is 3.45. The maximum absolute atomic E-state index is 10.8. The Morgan fingerprint density at radius 2 is 2.50 bits per heavy atom. The van der Waals surface area contributed by atoms with E-state index < -0.39 is 0 Å². The summed E-state index contributed by atoms with van der Waals surface area (Å²) in [5.41, 5.74) is 0.948. The number of anilines is 1. The second kappa shape index (κ2) is 3.61. The van der Waals surface area contributed by atoms with Crippen LogP contribution in [-0.2, 0) is 4.79 Å². The van der Waals surface area contributed by atoms with E-state index in [2.05, 4.69) is 22.1 Å². The number of nitrogens with one attached hydrogen (secondary N) is 1. The van der Waals surface area contributed by atoms with Crippen LogP contribution in [0.15, 0.2) is 24.9 Å². The highest BCUT2D eigenvalue weighted by molar-refractivity contribution is 5.98. The van der Waals surface area contributed by atoms with E-state index in [1.165, 1.54) is 6.08 Å². The summed E-state index contributed by atoms with van der Waals surface area (Å²) in [6.07, 6.45) is 2.80. The maximum Gasteiger partial charge on any atom is 0.248 e. The third kappa shape index (κ3) is 2.16. The van der Waals surface area contributed by atoms with Crippen molar-refractivity contribution in [1.29, 1.82) is 0 Å². The molecule has 4 heteroatoms. The van der Waals surface area contributed by atoms with Crippen LogP contribution in [0, 0.1) is 6.92 Å². The molecule has 1 N–H and O–H groups in total. The van der Waals surface area contributed by atoms with E-state index in [0.717, 1.165) is 5.56 Å². The van der Waals surface area contributed by atoms with E-state index in [0.29, 0.717) is 5.82 Å². The summed E-state index contributed by atoms with van der Waals surface area (Å²) in [6.45, 7) is 5.19. The van der Waals surface area contributed by atoms with Crippen molar-refractivity contribution in [3.63, 3.8) is 0 Å². The van der Waals surface area contributed by atoms with Crippen molar-refractivity contribution in [2.75, 3.05) is 5.32 Å². The fourth-order valence-corrected chi connectivity index (χ4v) is 0.702. The van der Waals surface area contributed by atoms with E-state index in [1.807, 2.05) is 6.92 Å². The number of rotatable bonds is 2. The highest BCUT2D eigenvalue weighted by Gasteiger charge is 1.97. The zero-order chi connectivity index (χ0) is 8.97. The molecule has 0 bridgehead atoms. The number of aromatic nitrogens is 2. The van der Waals surface area contributed by atoms with Crippen molar-refractivity contribution in [2.24, 2.45) is 0 Å². The Bertz CT molecular complexity index is 309. The lowest BCUT2D eigenvalue weighted by molar-refractivity contribution is -0.111. The Morgan fingerprint density at radius 1 is 1.75 bits per heavy atom. The average molecular weight is 163 g/mol. The van der Waals surface area contributed by atoms with Gasteiger partial charge in [0.05, 0.1) is 6.20 Å². The van der Waals surface area contributed by atoms with Crippen LogP contribution in [0.4, 0.5) is 5.82 Å². The van der Waals surface area contributed by atoms with Crippen LogP contribution in [0.25, 0.3) is 0 Å². The van der Waals surface area contributed by atoms with E-state index >= 15 is 0 Å². The van der Waals surface area contributed by atoms with Crippen LogP contribution in [0.3, 0.4) is 0 Å². The highest BCUT2D eigenvalue weighted by atomic mass is 16.1. The fourth-order valence-electron chi connectivity index (χ4n) is 0.702. The second-order valence-corrected chi connectivity index (χ2v) is 2.31. The third-order valence-corrected chi connectivity index (χ3v) is 1.23. The van der Waals surface area contributed by atoms with Gasteiger partial charge in [-0.2, -0.15) is 5.10 Å². The molecule has 0 aromatic carbocycles. The highest BCUT2D eigenvalue weighted by Crippen LogP contribution is 2.02. The fraction of sp³-hybridized carbons (Fsp3) is 0.125. The minimum absolute atomic E-state index is 0.282. The number of carbonyl (C=O) groups excluding carboxylic acids is 1. The molecule has 0 radical (unpaired) electrons. The molecule has 4 nitrogen and oxygen atoms in total. The zero-order valence-corrected chi connectivity index (χ0v) is 6.74. The summed E-state index contributed by atoms with van der Waals surface area (Å²) in [6, 6.07) is 1.73. The Labute approximate surface area is 70.3 Å². The Hall–Kier alpha value is -1.71. The van der Waals surface area contributed by atoms with Crippen LogP contribution in [0.1, 0.15) is 5.56 Å². The van der Waals surface area contributed by atoms with Gasteiger partial charge < -0.3 is 5.32 Å². The summed E-state index contributed by atoms with van der Waals surface area (Å²) in [5, 5.41) is 9.87. The van der Waals surface area contributed by atoms with Crippen LogP contribution in [0.2, 0.25) is 0 Å². The van der Waals surface area contributed by atoms with Crippen LogP contribution in [0.5, 0.6) is 0 Å². The van der Waals surface area contributed by atoms with Gasteiger partial charge in [-0.25, -0.2) is 0 Å². The lowest BCUT2D eigenvalue weighted by Gasteiger charge is -1.99. The first-order valence-electron chi connectivity index (χ1n) is 3.45. The van der Waals surface area contributed by atoms with Gasteiger partial charge in [-0.15, -0.1) is 5.10 Å². The molecule has 0 aliphatic carbocycles. The zero-order valence-electron chi connectivity index (χ0n) is 6.74. The summed E-state index contributed by atoms with van der Waals surface area (Å²) in [5.74, 6) is 0.162. The number of carbonyl (C=O) groups is 1. The number of amides is 1. The number of aryl methyl sites for hydroxylation is 1. The second-order valence-electron chi connectivity index (χ2n) is 2.31. The predicted molar refractivity (Wildman–Crippen MR) is 45.6 cm³/mol. The Morgan fingerprint density at radius 3 is 3.08 bits per heavy atom. The smallest absolute Gasteiger partial charge is 0.248 e. The summed E-state index contributed by atoms with van der Waals surface area (Å²) < 4.78 is 0. The van der Waals surface area contributed by atoms with Crippen molar-refractivity contribution < 1.29 is 4.79 Å². The largest absolute Gasteiger partial charge is 0.306 e. The molecule has 0 fully saturated rings. The van der Waals surface area contributed by atoms with Gasteiger partial charge in [-0.1, -0.05) is 6.58 Å². The van der Waals surface area contributed by atoms with Gasteiger partial charge in [0.1, 0.15) is 0 Å². The normalized spacial score (nSPS) is 9.08. The number of hydrogen-bond donors (Lipinski definition) is 1. The summed E-state index contributed by atoms with van der Waals surface area (Å²) in [4.78, 5) is 10.8. The number of hydrogen-bond acceptors (Lipinski definition) is 3. The summed E-state index contributed by atoms with van der Waals surface area (Å²) in [7, 11) is 0. The Kier molecular flexibility index (Phi) is 2.53. The SMILES string of the molecule is C=CC(=O)Nc1cc(C)cnn1. The summed E-state index contributed by atoms with van der Waals surface area (Å²) >= 11 is 0. The van der Waals surface area contributed by atoms with E-state index in [1.54, 1.807) is 12.3 Å². The molecule has 1 rings (SSSR count). The van der Waals surface area contributed by atoms with Gasteiger partial charge in [0, 0.05) is 0 Å². The van der Waals surface area contributed by atoms with Gasteiger partial charge >= 0.3 is 0 Å². The molecule has 0 spiro atoms. The van der Waals surface area contributed by atoms with Gasteiger partial charge in [0.2, 0.25) is 5.91 Å². The first-order chi connectivity index (χ1) is 5.72. The molecule has 1 amide bonds. The molecule has 1 heterocycles. The monoisotopic (exact) mass is 163 g/mol. The van der Waals surface area contributed by atoms with Gasteiger partial charge in [-0.05, 0) is 24.6 Å². The average Bonchev–Trinajstić information content (AvgIpc) is 2.04. The molecular formula is C8H9N3O. The van der Waals surface area contributed by atoms with Gasteiger partial charge in [0.25, 0.3) is 0 Å². The maximum atomic E-state index is 10.8. The molecule has 0 saturated carbocycles. The van der Waals surface area contributed by atoms with Crippen LogP contribution >= 0.6 is 0 Å². The van der Waals surface area contributed by atoms with E-state index in [4.69, 9.17) is 0 Å². The van der Waals surface area contributed by atoms with Crippen molar-refractivity contribution in [3.8, 4) is 0 Å². The minimum atomic E-state index is -0.282. The molecule has 0 unspecified atom stereocenters. The minimum Gasteiger partial charge on any atom is -0.306 e. The van der Waals surface area contributed by atoms with E-state index in [-0.39, 0.29) is 5.91 Å². The molecule has 0 saturated heterocycles. The van der Waals surface area contributed by atoms with E-state index in [9.17, 15) is 4.79 Å². The lowest BCUT2D eigenvalue weighted by atomic mass is 10.3. The predicted octanol–water partition coefficient (Wildman–Crippen LogP) is 0.910. The van der Waals surface area contributed by atoms with Crippen molar-refractivity contribution in [2.45, 2.75) is 6.92 Å². The van der Waals surface area contributed by atoms with Crippen molar-refractivity contribution in [3.05, 3.63) is 30.5 Å². The molecule has 0 atom stereocenters. The van der Waals surface area contributed by atoms with Crippen LogP contribution in [-0.4, -0.2) is 16.1 Å². The number of nitrogens with zero attached hydrogens (tertiary/aromatic N) is 2. The third-order valence-electron chi connectivity index (χ3n) is 1.23. The van der Waals surface area contributed by atoms with Crippen molar-refractivity contribution >= 4 is 11.7 Å². The topological polar surface area (TPSA) is 54.9 Å².